The molecule has 14 heavy (non-hydrogen) atoms. The maximum atomic E-state index is 11.4. The fourth-order valence-corrected chi connectivity index (χ4v) is 2.53. The van der Waals surface area contributed by atoms with Crippen molar-refractivity contribution in [3.8, 4) is 0 Å². The predicted octanol–water partition coefficient (Wildman–Crippen LogP) is 2.55. The van der Waals surface area contributed by atoms with Crippen molar-refractivity contribution in [2.24, 2.45) is 0 Å². The van der Waals surface area contributed by atoms with Gasteiger partial charge in [-0.1, -0.05) is 34.8 Å². The molecule has 0 amide bonds. The van der Waals surface area contributed by atoms with Gasteiger partial charge in [0.1, 0.15) is 4.90 Å². The fourth-order valence-electron chi connectivity index (χ4n) is 0.826. The molecular formula is C7H6Cl3NO2S. The van der Waals surface area contributed by atoms with Crippen molar-refractivity contribution >= 4 is 44.8 Å². The van der Waals surface area contributed by atoms with Crippen LogP contribution in [0.15, 0.2) is 17.0 Å². The molecule has 0 fully saturated rings. The number of rotatable bonds is 2. The summed E-state index contributed by atoms with van der Waals surface area (Å²) < 4.78 is 24.9. The molecule has 0 atom stereocenters. The highest BCUT2D eigenvalue weighted by molar-refractivity contribution is 7.89. The van der Waals surface area contributed by atoms with Crippen molar-refractivity contribution in [2.75, 3.05) is 7.05 Å². The van der Waals surface area contributed by atoms with Gasteiger partial charge in [-0.3, -0.25) is 0 Å². The zero-order valence-corrected chi connectivity index (χ0v) is 10.1. The summed E-state index contributed by atoms with van der Waals surface area (Å²) in [6, 6.07) is 2.67. The van der Waals surface area contributed by atoms with E-state index in [0.717, 1.165) is 0 Å². The summed E-state index contributed by atoms with van der Waals surface area (Å²) in [6.45, 7) is 0. The van der Waals surface area contributed by atoms with Crippen LogP contribution in [0.25, 0.3) is 0 Å². The molecule has 0 aliphatic heterocycles. The number of nitrogens with one attached hydrogen (secondary N) is 1. The van der Waals surface area contributed by atoms with Crippen LogP contribution in [0.5, 0.6) is 0 Å². The van der Waals surface area contributed by atoms with E-state index in [1.807, 2.05) is 0 Å². The maximum absolute atomic E-state index is 11.4. The lowest BCUT2D eigenvalue weighted by molar-refractivity contribution is 0.588. The first-order chi connectivity index (χ1) is 6.40. The topological polar surface area (TPSA) is 46.2 Å². The van der Waals surface area contributed by atoms with Crippen LogP contribution in [0, 0.1) is 0 Å². The molecule has 0 radical (unpaired) electrons. The smallest absolute Gasteiger partial charge is 0.214 e. The molecule has 0 aromatic heterocycles. The minimum absolute atomic E-state index is 0.0321. The van der Waals surface area contributed by atoms with Crippen molar-refractivity contribution in [2.45, 2.75) is 4.90 Å². The molecule has 0 aliphatic rings. The third kappa shape index (κ3) is 2.15. The summed E-state index contributed by atoms with van der Waals surface area (Å²) in [4.78, 5) is -0.0870. The van der Waals surface area contributed by atoms with Crippen LogP contribution >= 0.6 is 34.8 Å². The molecule has 0 aliphatic carbocycles. The first-order valence-corrected chi connectivity index (χ1v) is 6.09. The summed E-state index contributed by atoms with van der Waals surface area (Å²) in [5.41, 5.74) is 0. The van der Waals surface area contributed by atoms with Crippen molar-refractivity contribution in [3.05, 3.63) is 27.2 Å². The number of halogens is 3. The maximum Gasteiger partial charge on any atom is 0.241 e. The van der Waals surface area contributed by atoms with Crippen LogP contribution in [-0.2, 0) is 10.0 Å². The van der Waals surface area contributed by atoms with Crippen LogP contribution < -0.4 is 4.72 Å². The van der Waals surface area contributed by atoms with Crippen molar-refractivity contribution in [1.29, 1.82) is 0 Å². The molecule has 1 aromatic carbocycles. The lowest BCUT2D eigenvalue weighted by Gasteiger charge is -2.06. The van der Waals surface area contributed by atoms with Crippen molar-refractivity contribution in [3.63, 3.8) is 0 Å². The highest BCUT2D eigenvalue weighted by atomic mass is 35.5. The minimum atomic E-state index is -3.59. The van der Waals surface area contributed by atoms with Gasteiger partial charge in [-0.05, 0) is 19.2 Å². The van der Waals surface area contributed by atoms with Crippen molar-refractivity contribution in [1.82, 2.24) is 4.72 Å². The first kappa shape index (κ1) is 12.1. The molecule has 0 saturated carbocycles. The number of sulfonamides is 1. The molecule has 0 heterocycles. The largest absolute Gasteiger partial charge is 0.241 e. The Morgan fingerprint density at radius 3 is 2.21 bits per heavy atom. The molecule has 0 saturated heterocycles. The normalized spacial score (nSPS) is 11.7. The van der Waals surface area contributed by atoms with Gasteiger partial charge in [0.15, 0.2) is 0 Å². The van der Waals surface area contributed by atoms with Crippen molar-refractivity contribution < 1.29 is 8.42 Å². The molecule has 0 unspecified atom stereocenters. The van der Waals surface area contributed by atoms with E-state index in [9.17, 15) is 8.42 Å². The molecule has 1 N–H and O–H groups in total. The summed E-state index contributed by atoms with van der Waals surface area (Å²) >= 11 is 17.1. The molecule has 1 rings (SSSR count). The molecule has 1 aromatic rings. The molecule has 7 heteroatoms. The Morgan fingerprint density at radius 1 is 1.14 bits per heavy atom. The molecular weight excluding hydrogens is 269 g/mol. The molecule has 0 spiro atoms. The lowest BCUT2D eigenvalue weighted by atomic mass is 10.4. The summed E-state index contributed by atoms with van der Waals surface area (Å²) in [7, 11) is -2.31. The third-order valence-electron chi connectivity index (χ3n) is 1.56. The van der Waals surface area contributed by atoms with E-state index < -0.39 is 10.0 Å². The zero-order valence-electron chi connectivity index (χ0n) is 7.01. The summed E-state index contributed by atoms with van der Waals surface area (Å²) in [5, 5.41) is 0.171. The van der Waals surface area contributed by atoms with E-state index in [1.54, 1.807) is 0 Å². The van der Waals surface area contributed by atoms with Gasteiger partial charge >= 0.3 is 0 Å². The SMILES string of the molecule is CNS(=O)(=O)c1ccc(Cl)c(Cl)c1Cl. The Bertz CT molecular complexity index is 458. The first-order valence-electron chi connectivity index (χ1n) is 3.47. The van der Waals surface area contributed by atoms with E-state index in [-0.39, 0.29) is 20.0 Å². The highest BCUT2D eigenvalue weighted by Crippen LogP contribution is 2.34. The van der Waals surface area contributed by atoms with Gasteiger partial charge in [-0.2, -0.15) is 0 Å². The molecule has 78 valence electrons. The van der Waals surface area contributed by atoms with Gasteiger partial charge < -0.3 is 0 Å². The Morgan fingerprint density at radius 2 is 1.71 bits per heavy atom. The fraction of sp³-hybridized carbons (Fsp3) is 0.143. The van der Waals surface area contributed by atoms with Crippen LogP contribution in [0.1, 0.15) is 0 Å². The van der Waals surface area contributed by atoms with Crippen LogP contribution in [0.4, 0.5) is 0 Å². The Kier molecular flexibility index (Phi) is 3.66. The highest BCUT2D eigenvalue weighted by Gasteiger charge is 2.18. The van der Waals surface area contributed by atoms with Crippen LogP contribution in [0.2, 0.25) is 15.1 Å². The summed E-state index contributed by atoms with van der Waals surface area (Å²) in [5.74, 6) is 0. The Labute approximate surface area is 97.0 Å². The second kappa shape index (κ2) is 4.24. The standard InChI is InChI=1S/C7H6Cl3NO2S/c1-11-14(12,13)5-3-2-4(8)6(9)7(5)10/h2-3,11H,1H3. The molecule has 0 bridgehead atoms. The number of hydrogen-bond donors (Lipinski definition) is 1. The van der Waals surface area contributed by atoms with E-state index in [0.29, 0.717) is 0 Å². The van der Waals surface area contributed by atoms with Crippen LogP contribution in [0.3, 0.4) is 0 Å². The third-order valence-corrected chi connectivity index (χ3v) is 4.42. The average Bonchev–Trinajstić information content (AvgIpc) is 2.14. The van der Waals surface area contributed by atoms with Gasteiger partial charge in [0.25, 0.3) is 0 Å². The van der Waals surface area contributed by atoms with Gasteiger partial charge in [0.05, 0.1) is 15.1 Å². The van der Waals surface area contributed by atoms with Gasteiger partial charge in [0.2, 0.25) is 10.0 Å². The van der Waals surface area contributed by atoms with E-state index in [1.165, 1.54) is 19.2 Å². The summed E-state index contributed by atoms with van der Waals surface area (Å²) in [6.07, 6.45) is 0. The van der Waals surface area contributed by atoms with E-state index in [2.05, 4.69) is 4.72 Å². The Balaban J connectivity index is 3.47. The zero-order chi connectivity index (χ0) is 10.9. The lowest BCUT2D eigenvalue weighted by Crippen LogP contribution is -2.19. The number of hydrogen-bond acceptors (Lipinski definition) is 2. The van der Waals surface area contributed by atoms with E-state index >= 15 is 0 Å². The molecule has 3 nitrogen and oxygen atoms in total. The van der Waals surface area contributed by atoms with Gasteiger partial charge in [-0.15, -0.1) is 0 Å². The van der Waals surface area contributed by atoms with E-state index in [4.69, 9.17) is 34.8 Å². The predicted molar refractivity (Wildman–Crippen MR) is 57.7 cm³/mol. The average molecular weight is 275 g/mol. The monoisotopic (exact) mass is 273 g/mol. The minimum Gasteiger partial charge on any atom is -0.214 e. The van der Waals surface area contributed by atoms with Gasteiger partial charge in [-0.25, -0.2) is 13.1 Å². The number of benzene rings is 1. The van der Waals surface area contributed by atoms with Crippen LogP contribution in [-0.4, -0.2) is 15.5 Å². The quantitative estimate of drug-likeness (QED) is 0.843. The Hall–Kier alpha value is -0.000000000000000167. The van der Waals surface area contributed by atoms with Gasteiger partial charge in [0, 0.05) is 0 Å². The second-order valence-corrected chi connectivity index (χ2v) is 5.40. The second-order valence-electron chi connectivity index (χ2n) is 2.38.